The first-order chi connectivity index (χ1) is 16.7. The van der Waals surface area contributed by atoms with E-state index in [1.54, 1.807) is 36.4 Å². The minimum atomic E-state index is -0.757. The molecule has 1 aliphatic heterocycles. The zero-order valence-electron chi connectivity index (χ0n) is 19.2. The molecule has 1 aliphatic rings. The minimum absolute atomic E-state index is 0.225. The fraction of sp³-hybridized carbons (Fsp3) is 0.143. The maximum absolute atomic E-state index is 14.5. The monoisotopic (exact) mass is 486 g/mol. The number of carbonyl (C=O) groups is 1. The first-order valence-corrected chi connectivity index (χ1v) is 11.3. The third-order valence-electron chi connectivity index (χ3n) is 5.56. The van der Waals surface area contributed by atoms with Crippen LogP contribution in [-0.4, -0.2) is 15.9 Å². The molecule has 0 aliphatic carbocycles. The number of aromatic amines is 1. The standard InChI is InChI=1S/C28H20ClFN2O3/c1-16(33)34-19-12-9-17(10-13-19)7-8-18-11-14-20-23(15-18)35-28(2,3)26-25(20)31-27(32-26)24-21(29)5-4-6-22(24)30/h4-6,9-15H,1-3H3,(H,31,32). The lowest BCUT2D eigenvalue weighted by molar-refractivity contribution is -0.131. The number of fused-ring (bicyclic) bond motifs is 3. The molecule has 0 unspecified atom stereocenters. The molecule has 7 heteroatoms. The molecule has 1 N–H and O–H groups in total. The Hall–Kier alpha value is -4.08. The summed E-state index contributed by atoms with van der Waals surface area (Å²) in [5, 5.41) is 0.279. The molecule has 5 nitrogen and oxygen atoms in total. The number of nitrogens with one attached hydrogen (secondary N) is 1. The van der Waals surface area contributed by atoms with Crippen molar-refractivity contribution in [3.63, 3.8) is 0 Å². The second-order valence-electron chi connectivity index (χ2n) is 8.60. The van der Waals surface area contributed by atoms with E-state index >= 15 is 0 Å². The second-order valence-corrected chi connectivity index (χ2v) is 9.00. The summed E-state index contributed by atoms with van der Waals surface area (Å²) in [6.45, 7) is 5.17. The summed E-state index contributed by atoms with van der Waals surface area (Å²) >= 11 is 6.27. The summed E-state index contributed by atoms with van der Waals surface area (Å²) in [4.78, 5) is 19.0. The Morgan fingerprint density at radius 2 is 1.80 bits per heavy atom. The van der Waals surface area contributed by atoms with Crippen LogP contribution < -0.4 is 9.47 Å². The Kier molecular flexibility index (Phi) is 5.58. The number of H-pyrrole nitrogens is 1. The summed E-state index contributed by atoms with van der Waals surface area (Å²) in [6.07, 6.45) is 0. The Labute approximate surface area is 206 Å². The number of benzene rings is 3. The number of aromatic nitrogens is 2. The molecule has 0 radical (unpaired) electrons. The van der Waals surface area contributed by atoms with Crippen molar-refractivity contribution in [1.82, 2.24) is 9.97 Å². The van der Waals surface area contributed by atoms with Crippen LogP contribution in [-0.2, 0) is 10.4 Å². The van der Waals surface area contributed by atoms with Crippen LogP contribution in [0.3, 0.4) is 0 Å². The highest BCUT2D eigenvalue weighted by atomic mass is 35.5. The van der Waals surface area contributed by atoms with Gasteiger partial charge in [-0.2, -0.15) is 0 Å². The number of imidazole rings is 1. The van der Waals surface area contributed by atoms with Gasteiger partial charge >= 0.3 is 5.97 Å². The van der Waals surface area contributed by atoms with Gasteiger partial charge in [-0.15, -0.1) is 0 Å². The molecule has 5 rings (SSSR count). The van der Waals surface area contributed by atoms with E-state index in [1.807, 2.05) is 32.0 Å². The van der Waals surface area contributed by atoms with Crippen molar-refractivity contribution in [3.8, 4) is 46.0 Å². The van der Waals surface area contributed by atoms with E-state index in [9.17, 15) is 9.18 Å². The maximum Gasteiger partial charge on any atom is 0.308 e. The number of carbonyl (C=O) groups excluding carboxylic acids is 1. The number of halogens is 2. The van der Waals surface area contributed by atoms with Gasteiger partial charge in [0.25, 0.3) is 0 Å². The number of ether oxygens (including phenoxy) is 2. The average Bonchev–Trinajstić information content (AvgIpc) is 3.24. The minimum Gasteiger partial charge on any atom is -0.481 e. The van der Waals surface area contributed by atoms with Crippen molar-refractivity contribution >= 4 is 17.6 Å². The van der Waals surface area contributed by atoms with Crippen LogP contribution >= 0.6 is 11.6 Å². The molecule has 0 saturated heterocycles. The highest BCUT2D eigenvalue weighted by Gasteiger charge is 2.37. The molecule has 174 valence electrons. The molecule has 0 saturated carbocycles. The lowest BCUT2D eigenvalue weighted by atomic mass is 9.94. The summed E-state index contributed by atoms with van der Waals surface area (Å²) in [6, 6.07) is 17.2. The quantitative estimate of drug-likeness (QED) is 0.200. The number of rotatable bonds is 2. The predicted molar refractivity (Wildman–Crippen MR) is 132 cm³/mol. The van der Waals surface area contributed by atoms with Gasteiger partial charge in [0, 0.05) is 23.6 Å². The Bertz CT molecular complexity index is 1510. The molecule has 0 spiro atoms. The largest absolute Gasteiger partial charge is 0.481 e. The zero-order valence-corrected chi connectivity index (χ0v) is 20.0. The predicted octanol–water partition coefficient (Wildman–Crippen LogP) is 6.49. The zero-order chi connectivity index (χ0) is 24.7. The van der Waals surface area contributed by atoms with E-state index < -0.39 is 11.4 Å². The van der Waals surface area contributed by atoms with Crippen molar-refractivity contribution in [3.05, 3.63) is 88.3 Å². The van der Waals surface area contributed by atoms with Gasteiger partial charge in [0.1, 0.15) is 34.4 Å². The first kappa shape index (κ1) is 22.7. The second kappa shape index (κ2) is 8.61. The third-order valence-corrected chi connectivity index (χ3v) is 5.87. The van der Waals surface area contributed by atoms with Crippen LogP contribution in [0.15, 0.2) is 60.7 Å². The molecule has 0 amide bonds. The van der Waals surface area contributed by atoms with E-state index in [0.29, 0.717) is 23.0 Å². The average molecular weight is 487 g/mol. The fourth-order valence-electron chi connectivity index (χ4n) is 3.98. The van der Waals surface area contributed by atoms with Crippen molar-refractivity contribution in [2.75, 3.05) is 0 Å². The van der Waals surface area contributed by atoms with Gasteiger partial charge in [0.2, 0.25) is 0 Å². The lowest BCUT2D eigenvalue weighted by Gasteiger charge is -2.31. The van der Waals surface area contributed by atoms with Gasteiger partial charge in [-0.1, -0.05) is 29.5 Å². The van der Waals surface area contributed by atoms with Crippen molar-refractivity contribution < 1.29 is 18.7 Å². The maximum atomic E-state index is 14.5. The van der Waals surface area contributed by atoms with E-state index in [-0.39, 0.29) is 16.6 Å². The summed E-state index contributed by atoms with van der Waals surface area (Å²) in [5.41, 5.74) is 3.25. The van der Waals surface area contributed by atoms with E-state index in [1.165, 1.54) is 13.0 Å². The van der Waals surface area contributed by atoms with Gasteiger partial charge in [-0.3, -0.25) is 4.79 Å². The molecule has 4 aromatic rings. The molecule has 0 fully saturated rings. The molecule has 35 heavy (non-hydrogen) atoms. The van der Waals surface area contributed by atoms with Gasteiger partial charge in [0.15, 0.2) is 0 Å². The van der Waals surface area contributed by atoms with Crippen LogP contribution in [0.1, 0.15) is 37.6 Å². The smallest absolute Gasteiger partial charge is 0.308 e. The molecular formula is C28H20ClFN2O3. The van der Waals surface area contributed by atoms with Gasteiger partial charge in [0.05, 0.1) is 16.3 Å². The summed E-state index contributed by atoms with van der Waals surface area (Å²) in [7, 11) is 0. The third kappa shape index (κ3) is 4.39. The van der Waals surface area contributed by atoms with Gasteiger partial charge < -0.3 is 14.5 Å². The highest BCUT2D eigenvalue weighted by Crippen LogP contribution is 2.45. The Morgan fingerprint density at radius 3 is 2.51 bits per heavy atom. The number of hydrogen-bond acceptors (Lipinski definition) is 4. The molecule has 3 aromatic carbocycles. The summed E-state index contributed by atoms with van der Waals surface area (Å²) < 4.78 is 25.9. The topological polar surface area (TPSA) is 64.2 Å². The van der Waals surface area contributed by atoms with E-state index in [4.69, 9.17) is 21.1 Å². The molecule has 2 heterocycles. The first-order valence-electron chi connectivity index (χ1n) is 10.9. The van der Waals surface area contributed by atoms with Crippen LogP contribution in [0.2, 0.25) is 5.02 Å². The van der Waals surface area contributed by atoms with Gasteiger partial charge in [-0.25, -0.2) is 9.37 Å². The molecule has 1 aromatic heterocycles. The van der Waals surface area contributed by atoms with Crippen molar-refractivity contribution in [2.24, 2.45) is 0 Å². The molecule has 0 atom stereocenters. The molecule has 0 bridgehead atoms. The van der Waals surface area contributed by atoms with Crippen LogP contribution in [0.25, 0.3) is 22.6 Å². The van der Waals surface area contributed by atoms with Crippen molar-refractivity contribution in [1.29, 1.82) is 0 Å². The van der Waals surface area contributed by atoms with Crippen LogP contribution in [0, 0.1) is 17.7 Å². The molecular weight excluding hydrogens is 467 g/mol. The fourth-order valence-corrected chi connectivity index (χ4v) is 4.23. The Balaban J connectivity index is 1.49. The normalized spacial score (nSPS) is 13.1. The highest BCUT2D eigenvalue weighted by molar-refractivity contribution is 6.33. The van der Waals surface area contributed by atoms with Crippen LogP contribution in [0.4, 0.5) is 4.39 Å². The summed E-state index contributed by atoms with van der Waals surface area (Å²) in [5.74, 6) is 6.89. The number of esters is 1. The lowest BCUT2D eigenvalue weighted by Crippen LogP contribution is -2.29. The van der Waals surface area contributed by atoms with E-state index in [2.05, 4.69) is 21.8 Å². The SMILES string of the molecule is CC(=O)Oc1ccc(C#Cc2ccc3c(c2)OC(C)(C)c2nc(-c4c(F)cccc4Cl)[nH]c2-3)cc1. The van der Waals surface area contributed by atoms with Crippen LogP contribution in [0.5, 0.6) is 11.5 Å². The Morgan fingerprint density at radius 1 is 1.09 bits per heavy atom. The van der Waals surface area contributed by atoms with Gasteiger partial charge in [-0.05, 0) is 68.4 Å². The van der Waals surface area contributed by atoms with Crippen molar-refractivity contribution in [2.45, 2.75) is 26.4 Å². The van der Waals surface area contributed by atoms with E-state index in [0.717, 1.165) is 22.4 Å². The number of hydrogen-bond donors (Lipinski definition) is 1. The number of nitrogens with zero attached hydrogens (tertiary/aromatic N) is 1.